The summed E-state index contributed by atoms with van der Waals surface area (Å²) in [6, 6.07) is -1.33. The lowest BCUT2D eigenvalue weighted by Crippen LogP contribution is -2.71. The van der Waals surface area contributed by atoms with Crippen molar-refractivity contribution in [2.24, 2.45) is 10.7 Å². The van der Waals surface area contributed by atoms with E-state index in [1.54, 1.807) is 7.05 Å². The summed E-state index contributed by atoms with van der Waals surface area (Å²) in [4.78, 5) is 4.58. The summed E-state index contributed by atoms with van der Waals surface area (Å²) in [5.74, 6) is 0. The number of likely N-dealkylation sites (N-methyl/N-ethyl adjacent to an activating group) is 1. The first-order chi connectivity index (χ1) is 11.0. The number of nitrogens with zero attached hydrogens (tertiary/aromatic N) is 1. The maximum Gasteiger partial charge on any atom is 0.181 e. The zero-order valence-corrected chi connectivity index (χ0v) is 13.8. The molecule has 0 amide bonds. The molecule has 0 radical (unpaired) electrons. The maximum atomic E-state index is 10.6. The van der Waals surface area contributed by atoms with Gasteiger partial charge in [-0.2, -0.15) is 0 Å². The number of aliphatic hydroxyl groups excluding tert-OH is 2. The van der Waals surface area contributed by atoms with Crippen molar-refractivity contribution in [1.82, 2.24) is 5.32 Å². The molecule has 1 aliphatic carbocycles. The van der Waals surface area contributed by atoms with Crippen LogP contribution in [-0.4, -0.2) is 85.0 Å². The topological polar surface area (TPSA) is 119 Å². The van der Waals surface area contributed by atoms with Crippen LogP contribution in [0, 0.1) is 0 Å². The number of ether oxygens (including phenoxy) is 3. The van der Waals surface area contributed by atoms with E-state index in [-0.39, 0.29) is 12.1 Å². The highest BCUT2D eigenvalue weighted by Crippen LogP contribution is 2.33. The number of nitrogens with two attached hydrogens (primary N) is 1. The second kappa shape index (κ2) is 6.72. The van der Waals surface area contributed by atoms with Crippen molar-refractivity contribution in [2.75, 3.05) is 14.2 Å². The van der Waals surface area contributed by atoms with E-state index in [1.807, 2.05) is 6.92 Å². The van der Waals surface area contributed by atoms with Crippen molar-refractivity contribution in [2.45, 2.75) is 74.7 Å². The average Bonchev–Trinajstić information content (AvgIpc) is 2.55. The van der Waals surface area contributed by atoms with Gasteiger partial charge in [0.15, 0.2) is 6.29 Å². The summed E-state index contributed by atoms with van der Waals surface area (Å²) in [6.07, 6.45) is -1.96. The molecule has 8 nitrogen and oxygen atoms in total. The molecule has 1 saturated carbocycles. The van der Waals surface area contributed by atoms with Crippen LogP contribution in [0.3, 0.4) is 0 Å². The van der Waals surface area contributed by atoms with E-state index in [1.165, 1.54) is 7.11 Å². The molecule has 2 fully saturated rings. The van der Waals surface area contributed by atoms with Crippen LogP contribution in [-0.2, 0) is 14.2 Å². The fourth-order valence-corrected chi connectivity index (χ4v) is 3.88. The molecule has 5 N–H and O–H groups in total. The lowest BCUT2D eigenvalue weighted by atomic mass is 9.81. The Kier molecular flexibility index (Phi) is 5.03. The van der Waals surface area contributed by atoms with E-state index in [9.17, 15) is 10.2 Å². The van der Waals surface area contributed by atoms with Gasteiger partial charge in [-0.25, -0.2) is 0 Å². The smallest absolute Gasteiger partial charge is 0.181 e. The number of aliphatic imine (C=N–C) groups is 1. The van der Waals surface area contributed by atoms with Crippen LogP contribution < -0.4 is 11.1 Å². The molecule has 0 aromatic carbocycles. The highest BCUT2D eigenvalue weighted by Gasteiger charge is 2.51. The molecule has 4 rings (SSSR count). The van der Waals surface area contributed by atoms with Crippen molar-refractivity contribution < 1.29 is 24.4 Å². The Bertz CT molecular complexity index is 462. The standard InChI is InChI=1S/C15H27N3O5/c1-6-8-5-4-7(18-6)15(22-8)23-13-9(16)11(19)14(21-3)10(17-2)12(13)20/h7-15,17,19-20H,4-5,16H2,1-3H3/t7-,8-,9+,10+,11+,12-,13-,14-,15-/m1/s1. The summed E-state index contributed by atoms with van der Waals surface area (Å²) in [5.41, 5.74) is 7.09. The Labute approximate surface area is 136 Å². The highest BCUT2D eigenvalue weighted by molar-refractivity contribution is 5.87. The summed E-state index contributed by atoms with van der Waals surface area (Å²) < 4.78 is 17.2. The van der Waals surface area contributed by atoms with Gasteiger partial charge in [-0.1, -0.05) is 0 Å². The molecular weight excluding hydrogens is 302 g/mol. The number of rotatable bonds is 4. The molecular formula is C15H27N3O5. The number of methoxy groups -OCH3 is 1. The van der Waals surface area contributed by atoms with Gasteiger partial charge < -0.3 is 35.5 Å². The monoisotopic (exact) mass is 329 g/mol. The molecule has 4 aliphatic rings. The van der Waals surface area contributed by atoms with Crippen LogP contribution >= 0.6 is 0 Å². The van der Waals surface area contributed by atoms with E-state index in [2.05, 4.69) is 10.3 Å². The van der Waals surface area contributed by atoms with Crippen LogP contribution in [0.15, 0.2) is 4.99 Å². The zero-order chi connectivity index (χ0) is 16.7. The Hall–Kier alpha value is -0.610. The minimum Gasteiger partial charge on any atom is -0.389 e. The normalized spacial score (nSPS) is 50.0. The summed E-state index contributed by atoms with van der Waals surface area (Å²) in [5, 5.41) is 24.0. The minimum absolute atomic E-state index is 0.0290. The SMILES string of the molecule is CN[C@H]1[C@@H](O)[C@H](O[C@H]2O[C@@H]3CC[C@H]2N=C3C)[C@@H](N)[C@H](O)[C@@H]1OC. The molecule has 1 saturated heterocycles. The minimum atomic E-state index is -0.947. The van der Waals surface area contributed by atoms with Gasteiger partial charge in [-0.05, 0) is 26.8 Å². The number of aliphatic hydroxyl groups is 2. The van der Waals surface area contributed by atoms with Gasteiger partial charge in [0, 0.05) is 12.8 Å². The average molecular weight is 329 g/mol. The van der Waals surface area contributed by atoms with E-state index in [0.29, 0.717) is 0 Å². The summed E-state index contributed by atoms with van der Waals surface area (Å²) >= 11 is 0. The molecule has 9 atom stereocenters. The Morgan fingerprint density at radius 2 is 2.00 bits per heavy atom. The molecule has 0 spiro atoms. The largest absolute Gasteiger partial charge is 0.389 e. The van der Waals surface area contributed by atoms with Gasteiger partial charge in [0.05, 0.1) is 30.4 Å². The van der Waals surface area contributed by atoms with Crippen molar-refractivity contribution in [3.05, 3.63) is 0 Å². The van der Waals surface area contributed by atoms with Crippen LogP contribution in [0.4, 0.5) is 0 Å². The van der Waals surface area contributed by atoms with Crippen molar-refractivity contribution >= 4 is 5.71 Å². The second-order valence-electron chi connectivity index (χ2n) is 6.58. The van der Waals surface area contributed by atoms with Gasteiger partial charge in [0.25, 0.3) is 0 Å². The maximum absolute atomic E-state index is 10.6. The first kappa shape index (κ1) is 17.2. The number of fused-ring (bicyclic) bond motifs is 2. The van der Waals surface area contributed by atoms with E-state index < -0.39 is 42.8 Å². The molecule has 23 heavy (non-hydrogen) atoms. The molecule has 0 aromatic heterocycles. The number of hydrogen-bond acceptors (Lipinski definition) is 8. The highest BCUT2D eigenvalue weighted by atomic mass is 16.7. The van der Waals surface area contributed by atoms with E-state index in [4.69, 9.17) is 19.9 Å². The van der Waals surface area contributed by atoms with Crippen molar-refractivity contribution in [1.29, 1.82) is 0 Å². The molecule has 8 heteroatoms. The quantitative estimate of drug-likeness (QED) is 0.490. The third-order valence-corrected chi connectivity index (χ3v) is 5.24. The predicted molar refractivity (Wildman–Crippen MR) is 83.3 cm³/mol. The molecule has 2 bridgehead atoms. The van der Waals surface area contributed by atoms with E-state index in [0.717, 1.165) is 18.6 Å². The van der Waals surface area contributed by atoms with Crippen LogP contribution in [0.2, 0.25) is 0 Å². The van der Waals surface area contributed by atoms with Crippen LogP contribution in [0.1, 0.15) is 19.8 Å². The zero-order valence-electron chi connectivity index (χ0n) is 13.8. The van der Waals surface area contributed by atoms with Crippen molar-refractivity contribution in [3.63, 3.8) is 0 Å². The molecule has 3 aliphatic heterocycles. The number of hydrogen-bond donors (Lipinski definition) is 4. The van der Waals surface area contributed by atoms with Gasteiger partial charge >= 0.3 is 0 Å². The van der Waals surface area contributed by atoms with Gasteiger partial charge in [0.2, 0.25) is 0 Å². The third kappa shape index (κ3) is 2.93. The molecule has 0 unspecified atom stereocenters. The lowest BCUT2D eigenvalue weighted by molar-refractivity contribution is -0.256. The van der Waals surface area contributed by atoms with Gasteiger partial charge in [0.1, 0.15) is 18.2 Å². The third-order valence-electron chi connectivity index (χ3n) is 5.24. The Morgan fingerprint density at radius 3 is 2.52 bits per heavy atom. The first-order valence-electron chi connectivity index (χ1n) is 8.15. The van der Waals surface area contributed by atoms with Gasteiger partial charge in [-0.15, -0.1) is 0 Å². The molecule has 3 heterocycles. The Balaban J connectivity index is 1.74. The summed E-state index contributed by atoms with van der Waals surface area (Å²) in [6.45, 7) is 1.96. The predicted octanol–water partition coefficient (Wildman–Crippen LogP) is -1.61. The van der Waals surface area contributed by atoms with Crippen molar-refractivity contribution in [3.8, 4) is 0 Å². The summed E-state index contributed by atoms with van der Waals surface area (Å²) in [7, 11) is 3.19. The fourth-order valence-electron chi connectivity index (χ4n) is 3.88. The van der Waals surface area contributed by atoms with Crippen LogP contribution in [0.25, 0.3) is 0 Å². The van der Waals surface area contributed by atoms with Crippen LogP contribution in [0.5, 0.6) is 0 Å². The molecule has 132 valence electrons. The second-order valence-corrected chi connectivity index (χ2v) is 6.58. The van der Waals surface area contributed by atoms with Gasteiger partial charge in [-0.3, -0.25) is 4.99 Å². The fraction of sp³-hybridized carbons (Fsp3) is 0.933. The molecule has 0 aromatic rings. The Morgan fingerprint density at radius 1 is 1.26 bits per heavy atom. The lowest BCUT2D eigenvalue weighted by Gasteiger charge is -2.48. The first-order valence-corrected chi connectivity index (χ1v) is 8.15. The van der Waals surface area contributed by atoms with E-state index >= 15 is 0 Å². The number of nitrogens with one attached hydrogen (secondary N) is 1.